The Labute approximate surface area is 98.7 Å². The van der Waals surface area contributed by atoms with Gasteiger partial charge in [0.25, 0.3) is 0 Å². The van der Waals surface area contributed by atoms with Crippen LogP contribution in [0, 0.1) is 0 Å². The SMILES string of the molecule is C=C(CCC=CC=COC(C)=O)CCCC. The highest BCUT2D eigenvalue weighted by molar-refractivity contribution is 5.66. The molecule has 0 radical (unpaired) electrons. The molecule has 0 rings (SSSR count). The van der Waals surface area contributed by atoms with Gasteiger partial charge < -0.3 is 4.74 Å². The highest BCUT2D eigenvalue weighted by Gasteiger charge is 1.91. The van der Waals surface area contributed by atoms with E-state index in [-0.39, 0.29) is 5.97 Å². The van der Waals surface area contributed by atoms with Crippen molar-refractivity contribution >= 4 is 5.97 Å². The van der Waals surface area contributed by atoms with Crippen molar-refractivity contribution < 1.29 is 9.53 Å². The van der Waals surface area contributed by atoms with Gasteiger partial charge in [0.15, 0.2) is 0 Å². The Bertz CT molecular complexity index is 262. The molecule has 0 fully saturated rings. The van der Waals surface area contributed by atoms with Crippen LogP contribution in [-0.4, -0.2) is 5.97 Å². The Balaban J connectivity index is 3.50. The van der Waals surface area contributed by atoms with Crippen molar-refractivity contribution in [3.8, 4) is 0 Å². The number of carbonyl (C=O) groups excluding carboxylic acids is 1. The van der Waals surface area contributed by atoms with Crippen molar-refractivity contribution in [2.45, 2.75) is 46.0 Å². The molecule has 0 saturated heterocycles. The first-order chi connectivity index (χ1) is 7.66. The smallest absolute Gasteiger partial charge is 0.307 e. The van der Waals surface area contributed by atoms with E-state index in [9.17, 15) is 4.79 Å². The van der Waals surface area contributed by atoms with Crippen LogP contribution >= 0.6 is 0 Å². The molecule has 2 heteroatoms. The lowest BCUT2D eigenvalue weighted by Crippen LogP contribution is -1.88. The predicted octanol–water partition coefficient (Wildman–Crippen LogP) is 4.15. The van der Waals surface area contributed by atoms with Crippen LogP contribution in [0.3, 0.4) is 0 Å². The number of hydrogen-bond acceptors (Lipinski definition) is 2. The van der Waals surface area contributed by atoms with Crippen molar-refractivity contribution in [3.05, 3.63) is 36.6 Å². The van der Waals surface area contributed by atoms with Crippen molar-refractivity contribution in [2.75, 3.05) is 0 Å². The second kappa shape index (κ2) is 10.2. The first-order valence-electron chi connectivity index (χ1n) is 5.82. The molecule has 0 unspecified atom stereocenters. The van der Waals surface area contributed by atoms with Gasteiger partial charge in [-0.2, -0.15) is 0 Å². The van der Waals surface area contributed by atoms with Crippen molar-refractivity contribution in [1.29, 1.82) is 0 Å². The lowest BCUT2D eigenvalue weighted by Gasteiger charge is -2.01. The maximum atomic E-state index is 10.4. The molecule has 0 aromatic heterocycles. The second-order valence-electron chi connectivity index (χ2n) is 3.76. The van der Waals surface area contributed by atoms with E-state index in [1.807, 2.05) is 6.08 Å². The molecule has 16 heavy (non-hydrogen) atoms. The number of allylic oxidation sites excluding steroid dienone is 4. The number of carbonyl (C=O) groups is 1. The fourth-order valence-electron chi connectivity index (χ4n) is 1.19. The summed E-state index contributed by atoms with van der Waals surface area (Å²) in [5.41, 5.74) is 1.32. The van der Waals surface area contributed by atoms with Crippen LogP contribution in [0.25, 0.3) is 0 Å². The largest absolute Gasteiger partial charge is 0.435 e. The lowest BCUT2D eigenvalue weighted by atomic mass is 10.1. The Hall–Kier alpha value is -1.31. The first kappa shape index (κ1) is 14.7. The predicted molar refractivity (Wildman–Crippen MR) is 67.9 cm³/mol. The van der Waals surface area contributed by atoms with Crippen LogP contribution in [0.15, 0.2) is 36.6 Å². The lowest BCUT2D eigenvalue weighted by molar-refractivity contribution is -0.135. The molecule has 0 N–H and O–H groups in total. The van der Waals surface area contributed by atoms with Crippen molar-refractivity contribution in [3.63, 3.8) is 0 Å². The second-order valence-corrected chi connectivity index (χ2v) is 3.76. The van der Waals surface area contributed by atoms with Gasteiger partial charge in [0.05, 0.1) is 6.26 Å². The maximum absolute atomic E-state index is 10.4. The summed E-state index contributed by atoms with van der Waals surface area (Å²) in [5, 5.41) is 0. The molecule has 0 aliphatic carbocycles. The van der Waals surface area contributed by atoms with Gasteiger partial charge in [-0.3, -0.25) is 4.79 Å². The van der Waals surface area contributed by atoms with E-state index in [0.29, 0.717) is 0 Å². The van der Waals surface area contributed by atoms with Crippen LogP contribution in [0.5, 0.6) is 0 Å². The Morgan fingerprint density at radius 2 is 2.06 bits per heavy atom. The molecule has 2 nitrogen and oxygen atoms in total. The van der Waals surface area contributed by atoms with E-state index in [1.54, 1.807) is 6.08 Å². The van der Waals surface area contributed by atoms with E-state index >= 15 is 0 Å². The van der Waals surface area contributed by atoms with Gasteiger partial charge in [0.1, 0.15) is 0 Å². The topological polar surface area (TPSA) is 26.3 Å². The van der Waals surface area contributed by atoms with E-state index in [0.717, 1.165) is 19.3 Å². The van der Waals surface area contributed by atoms with Crippen LogP contribution in [-0.2, 0) is 9.53 Å². The van der Waals surface area contributed by atoms with Gasteiger partial charge >= 0.3 is 5.97 Å². The third-order valence-corrected chi connectivity index (χ3v) is 2.11. The molecule has 0 heterocycles. The van der Waals surface area contributed by atoms with E-state index in [1.165, 1.54) is 31.6 Å². The molecule has 90 valence electrons. The molecule has 0 aliphatic heterocycles. The third kappa shape index (κ3) is 10.8. The highest BCUT2D eigenvalue weighted by Crippen LogP contribution is 2.11. The van der Waals surface area contributed by atoms with E-state index in [2.05, 4.69) is 24.3 Å². The maximum Gasteiger partial charge on any atom is 0.307 e. The van der Waals surface area contributed by atoms with Gasteiger partial charge in [-0.05, 0) is 31.8 Å². The number of ether oxygens (including phenoxy) is 1. The zero-order valence-electron chi connectivity index (χ0n) is 10.4. The van der Waals surface area contributed by atoms with Crippen LogP contribution in [0.2, 0.25) is 0 Å². The van der Waals surface area contributed by atoms with Crippen molar-refractivity contribution in [1.82, 2.24) is 0 Å². The number of esters is 1. The number of unbranched alkanes of at least 4 members (excludes halogenated alkanes) is 1. The Kier molecular flexibility index (Phi) is 9.38. The molecule has 0 aromatic rings. The van der Waals surface area contributed by atoms with Gasteiger partial charge in [-0.1, -0.05) is 37.6 Å². The summed E-state index contributed by atoms with van der Waals surface area (Å²) in [6, 6.07) is 0. The van der Waals surface area contributed by atoms with Gasteiger partial charge in [0.2, 0.25) is 0 Å². The number of hydrogen-bond donors (Lipinski definition) is 0. The number of rotatable bonds is 8. The van der Waals surface area contributed by atoms with E-state index < -0.39 is 0 Å². The van der Waals surface area contributed by atoms with Gasteiger partial charge in [-0.25, -0.2) is 0 Å². The molecular formula is C14H22O2. The van der Waals surface area contributed by atoms with Crippen LogP contribution < -0.4 is 0 Å². The summed E-state index contributed by atoms with van der Waals surface area (Å²) in [4.78, 5) is 10.4. The zero-order chi connectivity index (χ0) is 12.2. The molecule has 0 saturated carbocycles. The fourth-order valence-corrected chi connectivity index (χ4v) is 1.19. The summed E-state index contributed by atoms with van der Waals surface area (Å²) in [6.45, 7) is 7.60. The minimum atomic E-state index is -0.294. The zero-order valence-corrected chi connectivity index (χ0v) is 10.4. The van der Waals surface area contributed by atoms with Crippen LogP contribution in [0.1, 0.15) is 46.0 Å². The molecular weight excluding hydrogens is 200 g/mol. The first-order valence-corrected chi connectivity index (χ1v) is 5.82. The third-order valence-electron chi connectivity index (χ3n) is 2.11. The molecule has 0 spiro atoms. The summed E-state index contributed by atoms with van der Waals surface area (Å²) in [5.74, 6) is -0.294. The Morgan fingerprint density at radius 3 is 2.69 bits per heavy atom. The average molecular weight is 222 g/mol. The minimum absolute atomic E-state index is 0.294. The Morgan fingerprint density at radius 1 is 1.31 bits per heavy atom. The minimum Gasteiger partial charge on any atom is -0.435 e. The highest BCUT2D eigenvalue weighted by atomic mass is 16.5. The van der Waals surface area contributed by atoms with E-state index in [4.69, 9.17) is 0 Å². The summed E-state index contributed by atoms with van der Waals surface area (Å²) < 4.78 is 4.63. The quantitative estimate of drug-likeness (QED) is 0.267. The molecule has 0 aromatic carbocycles. The molecule has 0 bridgehead atoms. The van der Waals surface area contributed by atoms with Crippen molar-refractivity contribution in [2.24, 2.45) is 0 Å². The van der Waals surface area contributed by atoms with Gasteiger partial charge in [0, 0.05) is 6.92 Å². The van der Waals surface area contributed by atoms with Gasteiger partial charge in [-0.15, -0.1) is 0 Å². The molecule has 0 amide bonds. The molecule has 0 atom stereocenters. The standard InChI is InChI=1S/C14H22O2/c1-4-5-10-13(2)11-8-6-7-9-12-16-14(3)15/h6-7,9,12H,2,4-5,8,10-11H2,1,3H3. The summed E-state index contributed by atoms with van der Waals surface area (Å²) in [7, 11) is 0. The normalized spacial score (nSPS) is 11.1. The molecule has 0 aliphatic rings. The monoisotopic (exact) mass is 222 g/mol. The summed E-state index contributed by atoms with van der Waals surface area (Å²) in [6.07, 6.45) is 12.7. The fraction of sp³-hybridized carbons (Fsp3) is 0.500. The average Bonchev–Trinajstić information content (AvgIpc) is 2.24. The summed E-state index contributed by atoms with van der Waals surface area (Å²) >= 11 is 0. The van der Waals surface area contributed by atoms with Crippen LogP contribution in [0.4, 0.5) is 0 Å².